The Kier molecular flexibility index (Phi) is 4.54. The van der Waals surface area contributed by atoms with Crippen molar-refractivity contribution in [3.8, 4) is 5.75 Å². The van der Waals surface area contributed by atoms with Gasteiger partial charge in [-0.3, -0.25) is 4.52 Å². The van der Waals surface area contributed by atoms with Crippen LogP contribution >= 0.6 is 11.6 Å². The number of hydrogen-bond donors (Lipinski definition) is 0. The second kappa shape index (κ2) is 6.62. The normalized spacial score (nSPS) is 12.3. The van der Waals surface area contributed by atoms with Gasteiger partial charge in [0.25, 0.3) is 0 Å². The van der Waals surface area contributed by atoms with Crippen LogP contribution < -0.4 is 9.94 Å². The Balaban J connectivity index is 1.90. The number of benzene rings is 1. The summed E-state index contributed by atoms with van der Waals surface area (Å²) in [6, 6.07) is 6.99. The van der Waals surface area contributed by atoms with Crippen molar-refractivity contribution >= 4 is 22.9 Å². The predicted molar refractivity (Wildman–Crippen MR) is 85.2 cm³/mol. The molecule has 0 radical (unpaired) electrons. The highest BCUT2D eigenvalue weighted by molar-refractivity contribution is 7.79. The highest BCUT2D eigenvalue weighted by Gasteiger charge is 2.22. The van der Waals surface area contributed by atoms with Gasteiger partial charge in [0.05, 0.1) is 0 Å². The minimum absolute atomic E-state index is 0.146. The van der Waals surface area contributed by atoms with Gasteiger partial charge in [-0.25, -0.2) is 4.79 Å². The molecule has 0 amide bonds. The predicted octanol–water partition coefficient (Wildman–Crippen LogP) is 2.19. The van der Waals surface area contributed by atoms with Crippen molar-refractivity contribution < 1.29 is 17.4 Å². The van der Waals surface area contributed by atoms with Gasteiger partial charge in [-0.2, -0.15) is 4.21 Å². The summed E-state index contributed by atoms with van der Waals surface area (Å²) in [5.41, 5.74) is 1.20. The van der Waals surface area contributed by atoms with E-state index in [1.165, 1.54) is 0 Å². The standard InChI is InChI=1S/C14H12ClN3O5S/c1-8-13(9(2)21-16-8)23-24(20)18-12(17-22-14(18)19)7-10-4-3-5-11(15)6-10/h3-6H,7H2,1-2H3. The molecule has 3 aromatic rings. The monoisotopic (exact) mass is 369 g/mol. The molecule has 0 N–H and O–H groups in total. The summed E-state index contributed by atoms with van der Waals surface area (Å²) in [7, 11) is 0. The number of aryl methyl sites for hydroxylation is 2. The molecule has 0 saturated carbocycles. The van der Waals surface area contributed by atoms with E-state index in [-0.39, 0.29) is 18.0 Å². The summed E-state index contributed by atoms with van der Waals surface area (Å²) >= 11 is 3.74. The van der Waals surface area contributed by atoms with E-state index in [0.29, 0.717) is 16.5 Å². The van der Waals surface area contributed by atoms with Gasteiger partial charge >= 0.3 is 17.0 Å². The SMILES string of the molecule is Cc1noc(C)c1OS(=O)n1c(Cc2cccc(Cl)c2)noc1=O. The quantitative estimate of drug-likeness (QED) is 0.679. The van der Waals surface area contributed by atoms with E-state index in [2.05, 4.69) is 14.8 Å². The molecule has 2 heterocycles. The molecule has 10 heteroatoms. The van der Waals surface area contributed by atoms with Crippen molar-refractivity contribution in [3.63, 3.8) is 0 Å². The molecule has 0 aliphatic heterocycles. The second-order valence-electron chi connectivity index (χ2n) is 4.92. The van der Waals surface area contributed by atoms with Crippen LogP contribution in [0.3, 0.4) is 0 Å². The van der Waals surface area contributed by atoms with Gasteiger partial charge in [0.2, 0.25) is 5.75 Å². The molecular weight excluding hydrogens is 358 g/mol. The average Bonchev–Trinajstić information content (AvgIpc) is 3.04. The van der Waals surface area contributed by atoms with Crippen LogP contribution in [0.15, 0.2) is 38.1 Å². The van der Waals surface area contributed by atoms with E-state index in [0.717, 1.165) is 9.54 Å². The average molecular weight is 370 g/mol. The first-order valence-corrected chi connectivity index (χ1v) is 8.22. The molecule has 0 saturated heterocycles. The van der Waals surface area contributed by atoms with Crippen LogP contribution in [0.25, 0.3) is 0 Å². The van der Waals surface area contributed by atoms with Crippen LogP contribution in [0.4, 0.5) is 0 Å². The van der Waals surface area contributed by atoms with Crippen LogP contribution in [0.1, 0.15) is 22.8 Å². The molecule has 126 valence electrons. The summed E-state index contributed by atoms with van der Waals surface area (Å²) in [6.07, 6.45) is 0.197. The first-order chi connectivity index (χ1) is 11.5. The lowest BCUT2D eigenvalue weighted by molar-refractivity contribution is 0.379. The third-order valence-electron chi connectivity index (χ3n) is 3.15. The lowest BCUT2D eigenvalue weighted by Crippen LogP contribution is -2.24. The number of aromatic nitrogens is 3. The molecule has 1 atom stereocenters. The Bertz CT molecular complexity index is 942. The first kappa shape index (κ1) is 16.5. The van der Waals surface area contributed by atoms with E-state index < -0.39 is 17.0 Å². The molecule has 8 nitrogen and oxygen atoms in total. The van der Waals surface area contributed by atoms with Crippen molar-refractivity contribution in [1.29, 1.82) is 0 Å². The van der Waals surface area contributed by atoms with Crippen LogP contribution in [0.5, 0.6) is 5.75 Å². The molecule has 0 aliphatic rings. The topological polar surface area (TPSA) is 100 Å². The number of nitrogens with zero attached hydrogens (tertiary/aromatic N) is 3. The smallest absolute Gasteiger partial charge is 0.379 e. The maximum atomic E-state index is 12.4. The van der Waals surface area contributed by atoms with Gasteiger partial charge in [0.15, 0.2) is 11.6 Å². The van der Waals surface area contributed by atoms with Gasteiger partial charge in [-0.05, 0) is 24.6 Å². The van der Waals surface area contributed by atoms with E-state index in [1.807, 2.05) is 0 Å². The van der Waals surface area contributed by atoms with E-state index in [1.54, 1.807) is 38.1 Å². The van der Waals surface area contributed by atoms with Crippen molar-refractivity contribution in [2.75, 3.05) is 0 Å². The second-order valence-corrected chi connectivity index (χ2v) is 6.32. The molecule has 0 spiro atoms. The minimum atomic E-state index is -2.19. The zero-order chi connectivity index (χ0) is 17.3. The fourth-order valence-electron chi connectivity index (χ4n) is 2.05. The molecular formula is C14H12ClN3O5S. The summed E-state index contributed by atoms with van der Waals surface area (Å²) in [5, 5.41) is 7.89. The molecule has 24 heavy (non-hydrogen) atoms. The Morgan fingerprint density at radius 3 is 2.75 bits per heavy atom. The zero-order valence-corrected chi connectivity index (χ0v) is 14.3. The number of halogens is 1. The van der Waals surface area contributed by atoms with Crippen molar-refractivity contribution in [1.82, 2.24) is 14.3 Å². The molecule has 0 fully saturated rings. The van der Waals surface area contributed by atoms with Gasteiger partial charge in [-0.15, -0.1) is 3.97 Å². The molecule has 1 aromatic carbocycles. The molecule has 0 aliphatic carbocycles. The fraction of sp³-hybridized carbons (Fsp3) is 0.214. The first-order valence-electron chi connectivity index (χ1n) is 6.81. The largest absolute Gasteiger partial charge is 0.456 e. The minimum Gasteiger partial charge on any atom is -0.379 e. The lowest BCUT2D eigenvalue weighted by Gasteiger charge is -2.05. The fourth-order valence-corrected chi connectivity index (χ4v) is 3.15. The van der Waals surface area contributed by atoms with E-state index in [4.69, 9.17) is 20.3 Å². The third kappa shape index (κ3) is 3.26. The van der Waals surface area contributed by atoms with Gasteiger partial charge in [-0.1, -0.05) is 34.0 Å². The molecule has 3 rings (SSSR count). The third-order valence-corrected chi connectivity index (χ3v) is 4.35. The summed E-state index contributed by atoms with van der Waals surface area (Å²) < 4.78 is 28.1. The maximum Gasteiger partial charge on any atom is 0.456 e. The Morgan fingerprint density at radius 1 is 1.29 bits per heavy atom. The van der Waals surface area contributed by atoms with Crippen LogP contribution in [-0.4, -0.2) is 18.5 Å². The van der Waals surface area contributed by atoms with E-state index >= 15 is 0 Å². The maximum absolute atomic E-state index is 12.4. The summed E-state index contributed by atoms with van der Waals surface area (Å²) in [6.45, 7) is 3.24. The van der Waals surface area contributed by atoms with Gasteiger partial charge in [0, 0.05) is 18.4 Å². The Morgan fingerprint density at radius 2 is 2.08 bits per heavy atom. The Hall–Kier alpha value is -2.39. The summed E-state index contributed by atoms with van der Waals surface area (Å²) in [4.78, 5) is 11.8. The zero-order valence-electron chi connectivity index (χ0n) is 12.7. The van der Waals surface area contributed by atoms with Gasteiger partial charge < -0.3 is 8.71 Å². The molecule has 2 aromatic heterocycles. The van der Waals surface area contributed by atoms with E-state index in [9.17, 15) is 9.00 Å². The highest BCUT2D eigenvalue weighted by atomic mass is 35.5. The summed E-state index contributed by atoms with van der Waals surface area (Å²) in [5.74, 6) is -0.193. The Labute approximate surface area is 143 Å². The molecule has 0 bridgehead atoms. The molecule has 1 unspecified atom stereocenters. The van der Waals surface area contributed by atoms with Crippen LogP contribution in [-0.2, 0) is 17.7 Å². The number of rotatable bonds is 5. The van der Waals surface area contributed by atoms with Gasteiger partial charge in [0.1, 0.15) is 5.69 Å². The van der Waals surface area contributed by atoms with Crippen molar-refractivity contribution in [2.45, 2.75) is 20.3 Å². The van der Waals surface area contributed by atoms with Crippen molar-refractivity contribution in [3.05, 3.63) is 62.7 Å². The highest BCUT2D eigenvalue weighted by Crippen LogP contribution is 2.23. The van der Waals surface area contributed by atoms with Crippen LogP contribution in [0, 0.1) is 13.8 Å². The number of hydrogen-bond acceptors (Lipinski definition) is 7. The van der Waals surface area contributed by atoms with Crippen LogP contribution in [0.2, 0.25) is 5.02 Å². The van der Waals surface area contributed by atoms with Crippen molar-refractivity contribution in [2.24, 2.45) is 0 Å². The lowest BCUT2D eigenvalue weighted by atomic mass is 10.1.